The average Bonchev–Trinajstić information content (AvgIpc) is 2.67. The van der Waals surface area contributed by atoms with Gasteiger partial charge < -0.3 is 18.6 Å². The maximum atomic E-state index is 12.9. The Balaban J connectivity index is 5.77. The second kappa shape index (κ2) is 15.1. The Morgan fingerprint density at radius 2 is 1.31 bits per heavy atom. The Morgan fingerprint density at radius 3 is 1.76 bits per heavy atom. The zero-order chi connectivity index (χ0) is 22.3. The zero-order valence-corrected chi connectivity index (χ0v) is 20.4. The Labute approximate surface area is 176 Å². The standard InChI is InChI=1S/C20H36O8Si/c1-5-8-11-25-16(22)14-20(28-29,19(24)27-13-10-7-3)17(15(4)21)18(23)26-12-9-6-2/h17H,5-14H2,1-4,29H3. The van der Waals surface area contributed by atoms with E-state index < -0.39 is 41.6 Å². The first-order valence-electron chi connectivity index (χ1n) is 10.4. The molecule has 0 aromatic carbocycles. The van der Waals surface area contributed by atoms with Crippen LogP contribution >= 0.6 is 0 Å². The largest absolute Gasteiger partial charge is 0.466 e. The molecule has 0 rings (SSSR count). The summed E-state index contributed by atoms with van der Waals surface area (Å²) in [5.74, 6) is -4.76. The van der Waals surface area contributed by atoms with Crippen LogP contribution in [0.5, 0.6) is 0 Å². The first-order valence-corrected chi connectivity index (χ1v) is 11.2. The Morgan fingerprint density at radius 1 is 0.828 bits per heavy atom. The Bertz CT molecular complexity index is 537. The van der Waals surface area contributed by atoms with Crippen molar-refractivity contribution in [3.05, 3.63) is 0 Å². The number of ether oxygens (including phenoxy) is 3. The van der Waals surface area contributed by atoms with Gasteiger partial charge in [-0.3, -0.25) is 14.4 Å². The van der Waals surface area contributed by atoms with Crippen molar-refractivity contribution >= 4 is 34.2 Å². The van der Waals surface area contributed by atoms with Gasteiger partial charge in [-0.1, -0.05) is 40.0 Å². The van der Waals surface area contributed by atoms with Crippen LogP contribution in [0.1, 0.15) is 72.6 Å². The van der Waals surface area contributed by atoms with E-state index in [0.717, 1.165) is 19.3 Å². The molecule has 0 aromatic heterocycles. The lowest BCUT2D eigenvalue weighted by atomic mass is 9.81. The number of carbonyl (C=O) groups is 4. The Kier molecular flexibility index (Phi) is 14.2. The van der Waals surface area contributed by atoms with Crippen LogP contribution in [0.15, 0.2) is 0 Å². The number of hydrogen-bond acceptors (Lipinski definition) is 8. The van der Waals surface area contributed by atoms with Gasteiger partial charge in [0.1, 0.15) is 16.3 Å². The van der Waals surface area contributed by atoms with Gasteiger partial charge in [0.05, 0.1) is 26.2 Å². The van der Waals surface area contributed by atoms with Gasteiger partial charge in [-0.25, -0.2) is 4.79 Å². The molecule has 29 heavy (non-hydrogen) atoms. The van der Waals surface area contributed by atoms with Crippen LogP contribution in [0.4, 0.5) is 0 Å². The van der Waals surface area contributed by atoms with E-state index in [4.69, 9.17) is 18.6 Å². The molecule has 0 fully saturated rings. The molecule has 0 saturated carbocycles. The van der Waals surface area contributed by atoms with E-state index in [9.17, 15) is 19.2 Å². The third-order valence-electron chi connectivity index (χ3n) is 4.46. The van der Waals surface area contributed by atoms with Crippen LogP contribution in [-0.4, -0.2) is 59.6 Å². The van der Waals surface area contributed by atoms with E-state index >= 15 is 0 Å². The lowest BCUT2D eigenvalue weighted by Gasteiger charge is -2.34. The second-order valence-electron chi connectivity index (χ2n) is 6.90. The molecule has 9 heteroatoms. The van der Waals surface area contributed by atoms with E-state index in [1.165, 1.54) is 6.92 Å². The number of ketones is 1. The van der Waals surface area contributed by atoms with Crippen LogP contribution in [0.3, 0.4) is 0 Å². The highest BCUT2D eigenvalue weighted by Crippen LogP contribution is 2.31. The molecule has 168 valence electrons. The van der Waals surface area contributed by atoms with Gasteiger partial charge in [0.2, 0.25) is 0 Å². The van der Waals surface area contributed by atoms with Gasteiger partial charge in [0.15, 0.2) is 11.5 Å². The van der Waals surface area contributed by atoms with Crippen molar-refractivity contribution in [2.24, 2.45) is 5.92 Å². The lowest BCUT2D eigenvalue weighted by molar-refractivity contribution is -0.183. The highest BCUT2D eigenvalue weighted by molar-refractivity contribution is 6.08. The van der Waals surface area contributed by atoms with Gasteiger partial charge in [0.25, 0.3) is 0 Å². The van der Waals surface area contributed by atoms with Crippen LogP contribution in [0.25, 0.3) is 0 Å². The summed E-state index contributed by atoms with van der Waals surface area (Å²) in [6.45, 7) is 7.37. The van der Waals surface area contributed by atoms with Crippen molar-refractivity contribution in [3.8, 4) is 0 Å². The highest BCUT2D eigenvalue weighted by atomic mass is 28.2. The normalized spacial score (nSPS) is 13.9. The minimum atomic E-state index is -2.07. The molecule has 0 heterocycles. The minimum Gasteiger partial charge on any atom is -0.466 e. The number of Topliss-reactive ketones (excluding diaryl/α,β-unsaturated/α-hetero) is 1. The molecule has 0 radical (unpaired) electrons. The number of esters is 3. The molecule has 0 aliphatic carbocycles. The first kappa shape index (κ1) is 27.3. The zero-order valence-electron chi connectivity index (χ0n) is 18.4. The third-order valence-corrected chi connectivity index (χ3v) is 5.19. The summed E-state index contributed by atoms with van der Waals surface area (Å²) in [5, 5.41) is 0. The molecular formula is C20H36O8Si. The molecule has 0 N–H and O–H groups in total. The van der Waals surface area contributed by atoms with Crippen molar-refractivity contribution in [2.45, 2.75) is 78.2 Å². The second-order valence-corrected chi connectivity index (χ2v) is 7.31. The van der Waals surface area contributed by atoms with Crippen LogP contribution < -0.4 is 0 Å². The minimum absolute atomic E-state index is 0.00885. The molecule has 2 unspecified atom stereocenters. The van der Waals surface area contributed by atoms with E-state index in [1.54, 1.807) is 0 Å². The van der Waals surface area contributed by atoms with Crippen molar-refractivity contribution < 1.29 is 37.8 Å². The number of unbranched alkanes of at least 4 members (excludes halogenated alkanes) is 3. The molecule has 2 atom stereocenters. The molecular weight excluding hydrogens is 396 g/mol. The van der Waals surface area contributed by atoms with Crippen LogP contribution in [0, 0.1) is 5.92 Å². The SMILES string of the molecule is CCCCOC(=O)CC(O[SiH3])(C(=O)OCCCC)C(C(C)=O)C(=O)OCCCC. The fourth-order valence-corrected chi connectivity index (χ4v) is 3.22. The highest BCUT2D eigenvalue weighted by Gasteiger charge is 2.55. The van der Waals surface area contributed by atoms with Crippen molar-refractivity contribution in [2.75, 3.05) is 19.8 Å². The van der Waals surface area contributed by atoms with Gasteiger partial charge in [0, 0.05) is 0 Å². The van der Waals surface area contributed by atoms with E-state index in [2.05, 4.69) is 0 Å². The predicted molar refractivity (Wildman–Crippen MR) is 110 cm³/mol. The van der Waals surface area contributed by atoms with E-state index in [1.807, 2.05) is 20.8 Å². The van der Waals surface area contributed by atoms with E-state index in [0.29, 0.717) is 19.3 Å². The molecule has 0 aromatic rings. The summed E-state index contributed by atoms with van der Waals surface area (Å²) in [6.07, 6.45) is 3.71. The van der Waals surface area contributed by atoms with Crippen LogP contribution in [-0.2, 0) is 37.8 Å². The molecule has 0 bridgehead atoms. The summed E-state index contributed by atoms with van der Waals surface area (Å²) >= 11 is 0. The number of hydrogen-bond donors (Lipinski definition) is 0. The fraction of sp³-hybridized carbons (Fsp3) is 0.800. The molecule has 0 amide bonds. The molecule has 0 spiro atoms. The van der Waals surface area contributed by atoms with Crippen molar-refractivity contribution in [1.29, 1.82) is 0 Å². The van der Waals surface area contributed by atoms with Crippen LogP contribution in [0.2, 0.25) is 0 Å². The van der Waals surface area contributed by atoms with Crippen molar-refractivity contribution in [3.63, 3.8) is 0 Å². The first-order chi connectivity index (χ1) is 13.8. The smallest absolute Gasteiger partial charge is 0.339 e. The predicted octanol–water partition coefficient (Wildman–Crippen LogP) is 1.65. The monoisotopic (exact) mass is 432 g/mol. The lowest BCUT2D eigenvalue weighted by Crippen LogP contribution is -2.56. The summed E-state index contributed by atoms with van der Waals surface area (Å²) in [5.41, 5.74) is -2.07. The Hall–Kier alpha value is -1.74. The maximum Gasteiger partial charge on any atom is 0.339 e. The van der Waals surface area contributed by atoms with Gasteiger partial charge in [-0.05, 0) is 26.2 Å². The van der Waals surface area contributed by atoms with Gasteiger partial charge in [-0.2, -0.15) is 0 Å². The molecule has 0 aliphatic heterocycles. The van der Waals surface area contributed by atoms with E-state index in [-0.39, 0.29) is 30.3 Å². The summed E-state index contributed by atoms with van der Waals surface area (Å²) in [4.78, 5) is 50.4. The van der Waals surface area contributed by atoms with Gasteiger partial charge in [-0.15, -0.1) is 0 Å². The topological polar surface area (TPSA) is 105 Å². The third kappa shape index (κ3) is 9.08. The van der Waals surface area contributed by atoms with Gasteiger partial charge >= 0.3 is 17.9 Å². The summed E-state index contributed by atoms with van der Waals surface area (Å²) < 4.78 is 21.1. The molecule has 0 saturated heterocycles. The number of rotatable bonds is 16. The quantitative estimate of drug-likeness (QED) is 0.119. The number of carbonyl (C=O) groups excluding carboxylic acids is 4. The summed E-state index contributed by atoms with van der Waals surface area (Å²) in [6, 6.07) is 0. The molecule has 8 nitrogen and oxygen atoms in total. The van der Waals surface area contributed by atoms with Crippen molar-refractivity contribution in [1.82, 2.24) is 0 Å². The average molecular weight is 433 g/mol. The molecule has 0 aliphatic rings. The maximum absolute atomic E-state index is 12.9. The summed E-state index contributed by atoms with van der Waals surface area (Å²) in [7, 11) is -0.00885. The fourth-order valence-electron chi connectivity index (χ4n) is 2.68.